The van der Waals surface area contributed by atoms with E-state index in [1.165, 1.54) is 11.8 Å². The minimum absolute atomic E-state index is 0.0227. The summed E-state index contributed by atoms with van der Waals surface area (Å²) in [4.78, 5) is 27.9. The zero-order chi connectivity index (χ0) is 23.9. The maximum atomic E-state index is 13.1. The van der Waals surface area contributed by atoms with Gasteiger partial charge in [-0.1, -0.05) is 48.5 Å². The standard InChI is InChI=1S/C28H21N3O3S/c1-18-8-7-12-21(14-18)31-25(32)17-35-27(31)23-16-30(20-10-3-2-4-11-20)29-26(23)22-15-19-9-5-6-13-24(19)34-28(22)33/h2-16,27H,17H2,1H3. The first-order valence-corrected chi connectivity index (χ1v) is 12.3. The fraction of sp³-hybridized carbons (Fsp3) is 0.107. The Hall–Kier alpha value is -4.10. The highest BCUT2D eigenvalue weighted by atomic mass is 32.2. The lowest BCUT2D eigenvalue weighted by atomic mass is 10.1. The Labute approximate surface area is 205 Å². The number of thioether (sulfide) groups is 1. The Kier molecular flexibility index (Phi) is 5.26. The van der Waals surface area contributed by atoms with Crippen LogP contribution in [-0.4, -0.2) is 21.4 Å². The molecule has 172 valence electrons. The summed E-state index contributed by atoms with van der Waals surface area (Å²) >= 11 is 1.53. The number of nitrogens with zero attached hydrogens (tertiary/aromatic N) is 3. The molecule has 1 aliphatic heterocycles. The summed E-state index contributed by atoms with van der Waals surface area (Å²) in [5, 5.41) is 5.32. The van der Waals surface area contributed by atoms with E-state index in [1.54, 1.807) is 15.6 Å². The molecule has 0 aliphatic carbocycles. The van der Waals surface area contributed by atoms with Crippen molar-refractivity contribution in [3.63, 3.8) is 0 Å². The van der Waals surface area contributed by atoms with Gasteiger partial charge < -0.3 is 4.42 Å². The van der Waals surface area contributed by atoms with Crippen molar-refractivity contribution in [2.24, 2.45) is 0 Å². The number of benzene rings is 3. The van der Waals surface area contributed by atoms with E-state index in [0.29, 0.717) is 22.6 Å². The van der Waals surface area contributed by atoms with E-state index < -0.39 is 5.63 Å². The number of hydrogen-bond donors (Lipinski definition) is 0. The van der Waals surface area contributed by atoms with Crippen molar-refractivity contribution >= 4 is 34.3 Å². The molecule has 1 amide bonds. The van der Waals surface area contributed by atoms with Crippen LogP contribution in [0.1, 0.15) is 16.5 Å². The first kappa shape index (κ1) is 21.4. The van der Waals surface area contributed by atoms with Gasteiger partial charge in [-0.05, 0) is 48.9 Å². The van der Waals surface area contributed by atoms with E-state index in [1.807, 2.05) is 92.0 Å². The van der Waals surface area contributed by atoms with Crippen LogP contribution in [-0.2, 0) is 4.79 Å². The van der Waals surface area contributed by atoms with Crippen LogP contribution in [0.15, 0.2) is 100 Å². The number of carbonyl (C=O) groups is 1. The summed E-state index contributed by atoms with van der Waals surface area (Å²) in [7, 11) is 0. The van der Waals surface area contributed by atoms with E-state index in [2.05, 4.69) is 0 Å². The molecule has 5 aromatic rings. The summed E-state index contributed by atoms with van der Waals surface area (Å²) < 4.78 is 7.40. The Balaban J connectivity index is 1.56. The molecule has 1 saturated heterocycles. The number of hydrogen-bond acceptors (Lipinski definition) is 5. The largest absolute Gasteiger partial charge is 0.422 e. The molecule has 1 aliphatic rings. The first-order valence-electron chi connectivity index (χ1n) is 11.3. The van der Waals surface area contributed by atoms with E-state index >= 15 is 0 Å². The zero-order valence-electron chi connectivity index (χ0n) is 18.9. The third kappa shape index (κ3) is 3.84. The monoisotopic (exact) mass is 479 g/mol. The SMILES string of the molecule is Cc1cccc(N2C(=O)CSC2c2cn(-c3ccccc3)nc2-c2cc3ccccc3oc2=O)c1. The lowest BCUT2D eigenvalue weighted by Gasteiger charge is -2.24. The van der Waals surface area contributed by atoms with Gasteiger partial charge in [-0.25, -0.2) is 9.48 Å². The van der Waals surface area contributed by atoms with Crippen molar-refractivity contribution < 1.29 is 9.21 Å². The molecular weight excluding hydrogens is 458 g/mol. The van der Waals surface area contributed by atoms with Gasteiger partial charge >= 0.3 is 5.63 Å². The molecule has 0 spiro atoms. The minimum atomic E-state index is -0.459. The van der Waals surface area contributed by atoms with Gasteiger partial charge in [0.25, 0.3) is 0 Å². The number of amides is 1. The second kappa shape index (κ2) is 8.60. The molecule has 1 fully saturated rings. The lowest BCUT2D eigenvalue weighted by molar-refractivity contribution is -0.115. The van der Waals surface area contributed by atoms with Crippen molar-refractivity contribution in [3.05, 3.63) is 113 Å². The molecule has 3 aromatic carbocycles. The molecule has 1 unspecified atom stereocenters. The minimum Gasteiger partial charge on any atom is -0.422 e. The average molecular weight is 480 g/mol. The van der Waals surface area contributed by atoms with E-state index in [-0.39, 0.29) is 11.3 Å². The fourth-order valence-electron chi connectivity index (χ4n) is 4.43. The Bertz CT molecular complexity index is 1620. The van der Waals surface area contributed by atoms with Crippen molar-refractivity contribution in [2.45, 2.75) is 12.3 Å². The summed E-state index contributed by atoms with van der Waals surface area (Å²) in [6.07, 6.45) is 1.92. The van der Waals surface area contributed by atoms with Crippen LogP contribution in [0.2, 0.25) is 0 Å². The van der Waals surface area contributed by atoms with Crippen LogP contribution in [0, 0.1) is 6.92 Å². The molecule has 1 atom stereocenters. The number of aryl methyl sites for hydroxylation is 1. The first-order chi connectivity index (χ1) is 17.1. The normalized spacial score (nSPS) is 15.7. The predicted octanol–water partition coefficient (Wildman–Crippen LogP) is 5.73. The van der Waals surface area contributed by atoms with Gasteiger partial charge in [-0.15, -0.1) is 11.8 Å². The lowest BCUT2D eigenvalue weighted by Crippen LogP contribution is -2.28. The van der Waals surface area contributed by atoms with Gasteiger partial charge in [0.15, 0.2) is 0 Å². The van der Waals surface area contributed by atoms with Gasteiger partial charge in [-0.3, -0.25) is 9.69 Å². The summed E-state index contributed by atoms with van der Waals surface area (Å²) in [5.74, 6) is 0.371. The number of carbonyl (C=O) groups excluding carboxylic acids is 1. The zero-order valence-corrected chi connectivity index (χ0v) is 19.7. The number of fused-ring (bicyclic) bond motifs is 1. The molecule has 3 heterocycles. The topological polar surface area (TPSA) is 68.3 Å². The smallest absolute Gasteiger partial charge is 0.345 e. The van der Waals surface area contributed by atoms with Crippen LogP contribution < -0.4 is 10.5 Å². The average Bonchev–Trinajstić information content (AvgIpc) is 3.48. The maximum Gasteiger partial charge on any atom is 0.345 e. The summed E-state index contributed by atoms with van der Waals surface area (Å²) in [5.41, 5.74) is 4.50. The number of para-hydroxylation sites is 2. The van der Waals surface area contributed by atoms with Crippen molar-refractivity contribution in [3.8, 4) is 16.9 Å². The van der Waals surface area contributed by atoms with Gasteiger partial charge in [0.05, 0.1) is 17.0 Å². The second-order valence-corrected chi connectivity index (χ2v) is 9.53. The van der Waals surface area contributed by atoms with E-state index in [4.69, 9.17) is 9.52 Å². The van der Waals surface area contributed by atoms with Crippen LogP contribution in [0.3, 0.4) is 0 Å². The van der Waals surface area contributed by atoms with Crippen molar-refractivity contribution in [2.75, 3.05) is 10.7 Å². The quantitative estimate of drug-likeness (QED) is 0.308. The van der Waals surface area contributed by atoms with Crippen molar-refractivity contribution in [1.29, 1.82) is 0 Å². The molecule has 2 aromatic heterocycles. The number of aromatic nitrogens is 2. The summed E-state index contributed by atoms with van der Waals surface area (Å²) in [6, 6.07) is 26.9. The molecule has 35 heavy (non-hydrogen) atoms. The highest BCUT2D eigenvalue weighted by molar-refractivity contribution is 8.00. The van der Waals surface area contributed by atoms with Gasteiger partial charge in [0.1, 0.15) is 16.7 Å². The number of anilines is 1. The van der Waals surface area contributed by atoms with Gasteiger partial charge in [0.2, 0.25) is 5.91 Å². The third-order valence-corrected chi connectivity index (χ3v) is 7.27. The van der Waals surface area contributed by atoms with Crippen LogP contribution >= 0.6 is 11.8 Å². The second-order valence-electron chi connectivity index (χ2n) is 8.46. The highest BCUT2D eigenvalue weighted by Crippen LogP contribution is 2.45. The molecule has 0 N–H and O–H groups in total. The van der Waals surface area contributed by atoms with Crippen LogP contribution in [0.4, 0.5) is 5.69 Å². The van der Waals surface area contributed by atoms with Crippen LogP contribution in [0.5, 0.6) is 0 Å². The number of rotatable bonds is 4. The fourth-order valence-corrected chi connectivity index (χ4v) is 5.61. The Morgan fingerprint density at radius 3 is 2.51 bits per heavy atom. The third-order valence-electron chi connectivity index (χ3n) is 6.07. The van der Waals surface area contributed by atoms with Crippen molar-refractivity contribution in [1.82, 2.24) is 9.78 Å². The summed E-state index contributed by atoms with van der Waals surface area (Å²) in [6.45, 7) is 2.01. The maximum absolute atomic E-state index is 13.1. The molecule has 0 bridgehead atoms. The van der Waals surface area contributed by atoms with E-state index in [0.717, 1.165) is 27.9 Å². The highest BCUT2D eigenvalue weighted by Gasteiger charge is 2.37. The molecule has 0 radical (unpaired) electrons. The molecule has 7 heteroatoms. The molecular formula is C28H21N3O3S. The molecule has 6 rings (SSSR count). The van der Waals surface area contributed by atoms with Gasteiger partial charge in [-0.2, -0.15) is 5.10 Å². The molecule has 6 nitrogen and oxygen atoms in total. The van der Waals surface area contributed by atoms with Gasteiger partial charge in [0, 0.05) is 22.8 Å². The predicted molar refractivity (Wildman–Crippen MR) is 139 cm³/mol. The molecule has 0 saturated carbocycles. The Morgan fingerprint density at radius 2 is 1.69 bits per heavy atom. The van der Waals surface area contributed by atoms with E-state index in [9.17, 15) is 9.59 Å². The Morgan fingerprint density at radius 1 is 0.914 bits per heavy atom. The van der Waals surface area contributed by atoms with Crippen LogP contribution in [0.25, 0.3) is 27.9 Å².